The Morgan fingerprint density at radius 1 is 1.30 bits per heavy atom. The van der Waals surface area contributed by atoms with Crippen molar-refractivity contribution in [1.29, 1.82) is 0 Å². The largest absolute Gasteiger partial charge is 0.481 e. The van der Waals surface area contributed by atoms with Crippen molar-refractivity contribution in [3.63, 3.8) is 0 Å². The highest BCUT2D eigenvalue weighted by Gasteiger charge is 2.28. The predicted octanol–water partition coefficient (Wildman–Crippen LogP) is 1.63. The van der Waals surface area contributed by atoms with Crippen LogP contribution in [0.5, 0.6) is 0 Å². The number of nitrogens with zero attached hydrogens (tertiary/aromatic N) is 4. The summed E-state index contributed by atoms with van der Waals surface area (Å²) < 4.78 is 5.47. The van der Waals surface area contributed by atoms with Gasteiger partial charge in [-0.25, -0.2) is 9.97 Å². The molecular weight excluding hydrogens is 422 g/mol. The van der Waals surface area contributed by atoms with Crippen LogP contribution in [0.2, 0.25) is 0 Å². The minimum atomic E-state index is -0.749. The maximum absolute atomic E-state index is 11.4. The first-order valence-corrected chi connectivity index (χ1v) is 11.5. The van der Waals surface area contributed by atoms with Crippen molar-refractivity contribution in [1.82, 2.24) is 15.0 Å². The summed E-state index contributed by atoms with van der Waals surface area (Å²) in [5.74, 6) is 0.679. The fraction of sp³-hybridized carbons (Fsp3) is 0.522. The number of hydrogen-bond donors (Lipinski definition) is 4. The molecule has 33 heavy (non-hydrogen) atoms. The lowest BCUT2D eigenvalue weighted by molar-refractivity contribution is -0.142. The highest BCUT2D eigenvalue weighted by Crippen LogP contribution is 2.30. The van der Waals surface area contributed by atoms with Gasteiger partial charge in [-0.1, -0.05) is 6.92 Å². The maximum Gasteiger partial charge on any atom is 0.306 e. The third kappa shape index (κ3) is 6.38. The molecule has 1 fully saturated rings. The van der Waals surface area contributed by atoms with Gasteiger partial charge in [-0.15, -0.1) is 0 Å². The van der Waals surface area contributed by atoms with E-state index in [2.05, 4.69) is 15.6 Å². The number of anilines is 4. The van der Waals surface area contributed by atoms with Crippen LogP contribution in [0.25, 0.3) is 0 Å². The van der Waals surface area contributed by atoms with E-state index in [4.69, 9.17) is 20.1 Å². The second-order valence-corrected chi connectivity index (χ2v) is 8.04. The number of pyridine rings is 1. The minimum absolute atomic E-state index is 0.332. The number of aromatic nitrogens is 3. The molecule has 1 aliphatic heterocycles. The predicted molar refractivity (Wildman–Crippen MR) is 128 cm³/mol. The molecule has 0 unspecified atom stereocenters. The molecule has 2 aromatic heterocycles. The standard InChI is InChI=1S/C23H33N7O3/c1-4-17(24)19-20(26-10-13-33-5-2)21(27-18-14-15(3)6-9-25-18)29-23(28-19)30-11-7-16(8-12-30)22(31)32/h6,9,14,16,24,26H,4-5,7-8,10-13H2,1-3H3,(H,31,32)(H,25,27,28,29)/p+1. The summed E-state index contributed by atoms with van der Waals surface area (Å²) in [5, 5.41) is 22.4. The highest BCUT2D eigenvalue weighted by molar-refractivity contribution is 6.01. The summed E-state index contributed by atoms with van der Waals surface area (Å²) in [6.45, 7) is 8.82. The third-order valence-corrected chi connectivity index (χ3v) is 5.62. The number of carboxylic acid groups (broad SMARTS) is 1. The Labute approximate surface area is 194 Å². The molecular formula is C23H34N7O3+. The molecule has 0 saturated carbocycles. The van der Waals surface area contributed by atoms with Crippen molar-refractivity contribution in [2.45, 2.75) is 40.0 Å². The molecule has 10 heteroatoms. The second kappa shape index (κ2) is 11.6. The third-order valence-electron chi connectivity index (χ3n) is 5.62. The topological polar surface area (TPSA) is 138 Å². The Bertz CT molecular complexity index is 975. The molecule has 0 amide bonds. The number of nitrogens with one attached hydrogen (secondary N) is 2. The van der Waals surface area contributed by atoms with Crippen molar-refractivity contribution in [3.05, 3.63) is 29.6 Å². The Morgan fingerprint density at radius 2 is 2.06 bits per heavy atom. The normalized spacial score (nSPS) is 14.2. The fourth-order valence-electron chi connectivity index (χ4n) is 3.69. The molecule has 3 rings (SSSR count). The number of carboxylic acids is 1. The Kier molecular flexibility index (Phi) is 8.53. The Morgan fingerprint density at radius 3 is 2.70 bits per heavy atom. The van der Waals surface area contributed by atoms with Crippen molar-refractivity contribution >= 4 is 35.0 Å². The van der Waals surface area contributed by atoms with Crippen molar-refractivity contribution < 1.29 is 20.0 Å². The molecule has 0 bridgehead atoms. The van der Waals surface area contributed by atoms with Crippen LogP contribution >= 0.6 is 0 Å². The van der Waals surface area contributed by atoms with Crippen LogP contribution in [-0.4, -0.2) is 64.6 Å². The van der Waals surface area contributed by atoms with E-state index in [0.29, 0.717) is 86.8 Å². The van der Waals surface area contributed by atoms with E-state index < -0.39 is 5.97 Å². The summed E-state index contributed by atoms with van der Waals surface area (Å²) in [7, 11) is 0. The van der Waals surface area contributed by atoms with Crippen molar-refractivity contribution in [2.24, 2.45) is 5.92 Å². The van der Waals surface area contributed by atoms with Gasteiger partial charge in [0.15, 0.2) is 11.5 Å². The van der Waals surface area contributed by atoms with Crippen LogP contribution in [0.15, 0.2) is 18.3 Å². The zero-order valence-corrected chi connectivity index (χ0v) is 19.6. The molecule has 0 radical (unpaired) electrons. The van der Waals surface area contributed by atoms with Gasteiger partial charge in [-0.3, -0.25) is 10.2 Å². The first-order valence-electron chi connectivity index (χ1n) is 11.5. The van der Waals surface area contributed by atoms with Crippen molar-refractivity contribution in [3.8, 4) is 0 Å². The van der Waals surface area contributed by atoms with Crippen LogP contribution in [0.4, 0.5) is 23.3 Å². The zero-order valence-electron chi connectivity index (χ0n) is 19.6. The minimum Gasteiger partial charge on any atom is -0.481 e. The van der Waals surface area contributed by atoms with Gasteiger partial charge < -0.3 is 25.4 Å². The van der Waals surface area contributed by atoms with Gasteiger partial charge in [0.2, 0.25) is 11.7 Å². The summed E-state index contributed by atoms with van der Waals surface area (Å²) in [6, 6.07) is 3.87. The number of nitrogens with two attached hydrogens (primary N) is 1. The molecule has 5 N–H and O–H groups in total. The van der Waals surface area contributed by atoms with E-state index in [1.165, 1.54) is 0 Å². The van der Waals surface area contributed by atoms with E-state index >= 15 is 0 Å². The SMILES string of the molecule is CCOCCNc1c(Nc2cc(C)ccn2)nc(N2CCC(C(=O)O)CC2)nc1C(=[NH2+])CC. The van der Waals surface area contributed by atoms with Gasteiger partial charge >= 0.3 is 5.97 Å². The summed E-state index contributed by atoms with van der Waals surface area (Å²) >= 11 is 0. The average Bonchev–Trinajstić information content (AvgIpc) is 2.81. The van der Waals surface area contributed by atoms with Crippen LogP contribution in [0, 0.1) is 12.8 Å². The molecule has 0 atom stereocenters. The number of rotatable bonds is 11. The van der Waals surface area contributed by atoms with E-state index in [1.54, 1.807) is 6.20 Å². The molecule has 0 spiro atoms. The van der Waals surface area contributed by atoms with Crippen LogP contribution in [0.3, 0.4) is 0 Å². The number of piperidine rings is 1. The lowest BCUT2D eigenvalue weighted by Gasteiger charge is -2.31. The maximum atomic E-state index is 11.4. The van der Waals surface area contributed by atoms with E-state index in [-0.39, 0.29) is 5.92 Å². The van der Waals surface area contributed by atoms with E-state index in [9.17, 15) is 9.90 Å². The van der Waals surface area contributed by atoms with Gasteiger partial charge in [-0.05, 0) is 44.4 Å². The second-order valence-electron chi connectivity index (χ2n) is 8.04. The molecule has 2 aromatic rings. The van der Waals surface area contributed by atoms with Crippen LogP contribution < -0.4 is 20.9 Å². The summed E-state index contributed by atoms with van der Waals surface area (Å²) in [4.78, 5) is 27.4. The lowest BCUT2D eigenvalue weighted by Crippen LogP contribution is -2.42. The van der Waals surface area contributed by atoms with Gasteiger partial charge in [-0.2, -0.15) is 4.98 Å². The van der Waals surface area contributed by atoms with E-state index in [0.717, 1.165) is 5.56 Å². The number of aliphatic carboxylic acids is 1. The molecule has 178 valence electrons. The Balaban J connectivity index is 1.98. The van der Waals surface area contributed by atoms with Gasteiger partial charge in [0.25, 0.3) is 0 Å². The Hall–Kier alpha value is -3.27. The van der Waals surface area contributed by atoms with Crippen LogP contribution in [-0.2, 0) is 9.53 Å². The summed E-state index contributed by atoms with van der Waals surface area (Å²) in [6.07, 6.45) is 3.47. The lowest BCUT2D eigenvalue weighted by atomic mass is 9.97. The average molecular weight is 457 g/mol. The number of hydrogen-bond acceptors (Lipinski definition) is 8. The number of carbonyl (C=O) groups is 1. The molecule has 10 nitrogen and oxygen atoms in total. The van der Waals surface area contributed by atoms with Gasteiger partial charge in [0.05, 0.1) is 12.5 Å². The van der Waals surface area contributed by atoms with E-state index in [1.807, 2.05) is 37.8 Å². The first-order chi connectivity index (χ1) is 15.9. The molecule has 1 saturated heterocycles. The van der Waals surface area contributed by atoms with Gasteiger partial charge in [0.1, 0.15) is 11.5 Å². The molecule has 3 heterocycles. The fourth-order valence-corrected chi connectivity index (χ4v) is 3.69. The van der Waals surface area contributed by atoms with Gasteiger partial charge in [0, 0.05) is 38.9 Å². The van der Waals surface area contributed by atoms with Crippen LogP contribution in [0.1, 0.15) is 44.4 Å². The molecule has 0 aromatic carbocycles. The first kappa shape index (κ1) is 24.4. The monoisotopic (exact) mass is 456 g/mol. The molecule has 0 aliphatic carbocycles. The smallest absolute Gasteiger partial charge is 0.306 e. The number of ether oxygens (including phenoxy) is 1. The zero-order chi connectivity index (χ0) is 23.8. The number of aryl methyl sites for hydroxylation is 1. The highest BCUT2D eigenvalue weighted by atomic mass is 16.5. The van der Waals surface area contributed by atoms with Crippen molar-refractivity contribution in [2.75, 3.05) is 48.4 Å². The summed E-state index contributed by atoms with van der Waals surface area (Å²) in [5.41, 5.74) is 3.04. The quantitative estimate of drug-likeness (QED) is 0.293. The molecule has 1 aliphatic rings.